The van der Waals surface area contributed by atoms with Crippen LogP contribution < -0.4 is 19.1 Å². The van der Waals surface area contributed by atoms with Crippen LogP contribution in [-0.2, 0) is 4.74 Å². The van der Waals surface area contributed by atoms with Crippen LogP contribution in [0.1, 0.15) is 24.0 Å². The van der Waals surface area contributed by atoms with Crippen LogP contribution in [0.3, 0.4) is 0 Å². The predicted octanol–water partition coefficient (Wildman–Crippen LogP) is 1.52. The Hall–Kier alpha value is -2.44. The first kappa shape index (κ1) is 16.7. The Kier molecular flexibility index (Phi) is 4.10. The summed E-state index contributed by atoms with van der Waals surface area (Å²) in [5.41, 5.74) is 1.96. The van der Waals surface area contributed by atoms with Gasteiger partial charge in [-0.15, -0.1) is 0 Å². The molecule has 1 saturated heterocycles. The van der Waals surface area contributed by atoms with Crippen LogP contribution in [0.2, 0.25) is 0 Å². The SMILES string of the molecule is C[C@H]1[C@@H](c2ccccc2O)c2cc3c(cc2O[C@@H]1[NH+]1CCOCC1)OCO3. The molecule has 0 saturated carbocycles. The fraction of sp³-hybridized carbons (Fsp3) is 0.429. The second-order valence-corrected chi connectivity index (χ2v) is 7.45. The van der Waals surface area contributed by atoms with Crippen LogP contribution in [0.4, 0.5) is 0 Å². The minimum absolute atomic E-state index is 0.00798. The van der Waals surface area contributed by atoms with Gasteiger partial charge in [0.2, 0.25) is 13.0 Å². The molecule has 3 heterocycles. The third-order valence-corrected chi connectivity index (χ3v) is 5.91. The van der Waals surface area contributed by atoms with Crippen molar-refractivity contribution in [3.8, 4) is 23.0 Å². The molecule has 0 aliphatic carbocycles. The van der Waals surface area contributed by atoms with E-state index in [0.717, 1.165) is 54.7 Å². The molecule has 2 N–H and O–H groups in total. The van der Waals surface area contributed by atoms with Crippen molar-refractivity contribution in [3.63, 3.8) is 0 Å². The first-order chi connectivity index (χ1) is 13.2. The molecule has 5 rings (SSSR count). The van der Waals surface area contributed by atoms with E-state index in [4.69, 9.17) is 18.9 Å². The Morgan fingerprint density at radius 2 is 1.70 bits per heavy atom. The number of phenolic OH excluding ortho intramolecular Hbond substituents is 1. The number of nitrogens with one attached hydrogen (secondary N) is 1. The van der Waals surface area contributed by atoms with E-state index in [1.807, 2.05) is 30.3 Å². The summed E-state index contributed by atoms with van der Waals surface area (Å²) in [6, 6.07) is 11.5. The fourth-order valence-corrected chi connectivity index (χ4v) is 4.56. The summed E-state index contributed by atoms with van der Waals surface area (Å²) in [5.74, 6) is 2.78. The molecule has 0 bridgehead atoms. The number of quaternary nitrogens is 1. The second kappa shape index (κ2) is 6.62. The first-order valence-corrected chi connectivity index (χ1v) is 9.53. The number of fused-ring (bicyclic) bond motifs is 2. The monoisotopic (exact) mass is 370 g/mol. The van der Waals surface area contributed by atoms with Crippen molar-refractivity contribution in [2.24, 2.45) is 5.92 Å². The van der Waals surface area contributed by atoms with Crippen LogP contribution in [-0.4, -0.2) is 44.4 Å². The van der Waals surface area contributed by atoms with Crippen LogP contribution in [0.15, 0.2) is 36.4 Å². The maximum absolute atomic E-state index is 10.6. The molecule has 0 aromatic heterocycles. The Morgan fingerprint density at radius 3 is 2.48 bits per heavy atom. The first-order valence-electron chi connectivity index (χ1n) is 9.53. The van der Waals surface area contributed by atoms with Gasteiger partial charge in [-0.25, -0.2) is 0 Å². The van der Waals surface area contributed by atoms with Crippen molar-refractivity contribution in [1.82, 2.24) is 0 Å². The molecule has 6 nitrogen and oxygen atoms in total. The van der Waals surface area contributed by atoms with Crippen LogP contribution in [0, 0.1) is 5.92 Å². The lowest BCUT2D eigenvalue weighted by molar-refractivity contribution is -0.955. The van der Waals surface area contributed by atoms with Crippen LogP contribution in [0.25, 0.3) is 0 Å². The minimum atomic E-state index is -0.00798. The van der Waals surface area contributed by atoms with Gasteiger partial charge < -0.3 is 24.1 Å². The number of hydrogen-bond acceptors (Lipinski definition) is 5. The van der Waals surface area contributed by atoms with Crippen molar-refractivity contribution in [2.75, 3.05) is 33.1 Å². The maximum atomic E-state index is 10.6. The van der Waals surface area contributed by atoms with E-state index in [9.17, 15) is 5.11 Å². The Bertz CT molecular complexity index is 848. The molecule has 142 valence electrons. The van der Waals surface area contributed by atoms with Gasteiger partial charge in [-0.05, 0) is 12.1 Å². The van der Waals surface area contributed by atoms with Gasteiger partial charge >= 0.3 is 0 Å². The third kappa shape index (κ3) is 2.80. The molecule has 1 fully saturated rings. The molecule has 2 aromatic carbocycles. The smallest absolute Gasteiger partial charge is 0.235 e. The van der Waals surface area contributed by atoms with E-state index >= 15 is 0 Å². The molecule has 3 atom stereocenters. The minimum Gasteiger partial charge on any atom is -0.508 e. The van der Waals surface area contributed by atoms with Gasteiger partial charge in [0.25, 0.3) is 0 Å². The number of hydrogen-bond donors (Lipinski definition) is 2. The van der Waals surface area contributed by atoms with E-state index < -0.39 is 0 Å². The van der Waals surface area contributed by atoms with Gasteiger partial charge in [0.05, 0.1) is 19.1 Å². The second-order valence-electron chi connectivity index (χ2n) is 7.45. The molecule has 27 heavy (non-hydrogen) atoms. The maximum Gasteiger partial charge on any atom is 0.235 e. The largest absolute Gasteiger partial charge is 0.508 e. The molecule has 0 unspecified atom stereocenters. The molecule has 6 heteroatoms. The average Bonchev–Trinajstić information content (AvgIpc) is 3.15. The Morgan fingerprint density at radius 1 is 0.963 bits per heavy atom. The highest BCUT2D eigenvalue weighted by molar-refractivity contribution is 5.57. The molecule has 0 amide bonds. The lowest BCUT2D eigenvalue weighted by Crippen LogP contribution is -3.19. The van der Waals surface area contributed by atoms with Gasteiger partial charge in [0, 0.05) is 23.1 Å². The number of phenols is 1. The summed E-state index contributed by atoms with van der Waals surface area (Å²) in [5, 5.41) is 10.6. The van der Waals surface area contributed by atoms with Crippen molar-refractivity contribution < 1.29 is 29.0 Å². The van der Waals surface area contributed by atoms with E-state index in [1.54, 1.807) is 6.07 Å². The standard InChI is InChI=1S/C21H23NO5/c1-13-20(14-4-2-3-5-16(14)23)15-10-18-19(26-12-25-18)11-17(15)27-21(13)22-6-8-24-9-7-22/h2-5,10-11,13,20-21,23H,6-9,12H2,1H3/p+1/t13-,20-,21-/m0/s1. The number of morpholine rings is 1. The van der Waals surface area contributed by atoms with Gasteiger partial charge in [-0.2, -0.15) is 0 Å². The third-order valence-electron chi connectivity index (χ3n) is 5.91. The molecule has 3 aliphatic heterocycles. The summed E-state index contributed by atoms with van der Waals surface area (Å²) < 4.78 is 23.2. The van der Waals surface area contributed by atoms with E-state index in [0.29, 0.717) is 5.75 Å². The summed E-state index contributed by atoms with van der Waals surface area (Å²) in [6.07, 6.45) is -0.00798. The molecular formula is C21H24NO5+. The highest BCUT2D eigenvalue weighted by Gasteiger charge is 2.44. The zero-order valence-corrected chi connectivity index (χ0v) is 15.3. The topological polar surface area (TPSA) is 61.6 Å². The molecule has 0 radical (unpaired) electrons. The van der Waals surface area contributed by atoms with Gasteiger partial charge in [-0.3, -0.25) is 4.90 Å². The van der Waals surface area contributed by atoms with Crippen molar-refractivity contribution in [2.45, 2.75) is 19.1 Å². The van der Waals surface area contributed by atoms with Gasteiger partial charge in [0.15, 0.2) is 11.5 Å². The molecule has 2 aromatic rings. The highest BCUT2D eigenvalue weighted by atomic mass is 16.7. The number of ether oxygens (including phenoxy) is 4. The quantitative estimate of drug-likeness (QED) is 0.840. The summed E-state index contributed by atoms with van der Waals surface area (Å²) >= 11 is 0. The average molecular weight is 370 g/mol. The Labute approximate surface area is 158 Å². The lowest BCUT2D eigenvalue weighted by Gasteiger charge is -2.42. The van der Waals surface area contributed by atoms with E-state index in [-0.39, 0.29) is 24.9 Å². The normalized spacial score (nSPS) is 27.1. The lowest BCUT2D eigenvalue weighted by atomic mass is 9.77. The molecule has 3 aliphatic rings. The van der Waals surface area contributed by atoms with Crippen molar-refractivity contribution in [1.29, 1.82) is 0 Å². The summed E-state index contributed by atoms with van der Waals surface area (Å²) in [6.45, 7) is 5.77. The van der Waals surface area contributed by atoms with E-state index in [2.05, 4.69) is 6.92 Å². The zero-order chi connectivity index (χ0) is 18.4. The number of rotatable bonds is 2. The molecular weight excluding hydrogens is 346 g/mol. The number of benzene rings is 2. The highest BCUT2D eigenvalue weighted by Crippen LogP contribution is 2.49. The van der Waals surface area contributed by atoms with Crippen LogP contribution >= 0.6 is 0 Å². The predicted molar refractivity (Wildman–Crippen MR) is 97.6 cm³/mol. The van der Waals surface area contributed by atoms with Gasteiger partial charge in [0.1, 0.15) is 24.6 Å². The Balaban J connectivity index is 1.62. The van der Waals surface area contributed by atoms with Crippen LogP contribution in [0.5, 0.6) is 23.0 Å². The summed E-state index contributed by atoms with van der Waals surface area (Å²) in [4.78, 5) is 1.39. The molecule has 0 spiro atoms. The fourth-order valence-electron chi connectivity index (χ4n) is 4.56. The zero-order valence-electron chi connectivity index (χ0n) is 15.3. The van der Waals surface area contributed by atoms with Crippen molar-refractivity contribution >= 4 is 0 Å². The number of aromatic hydroxyl groups is 1. The van der Waals surface area contributed by atoms with E-state index in [1.165, 1.54) is 4.90 Å². The number of para-hydroxylation sites is 1. The van der Waals surface area contributed by atoms with Gasteiger partial charge in [-0.1, -0.05) is 25.1 Å². The summed E-state index contributed by atoms with van der Waals surface area (Å²) in [7, 11) is 0. The van der Waals surface area contributed by atoms with Crippen molar-refractivity contribution in [3.05, 3.63) is 47.5 Å².